The Morgan fingerprint density at radius 1 is 1.39 bits per heavy atom. The first-order chi connectivity index (χ1) is 8.56. The Hall–Kier alpha value is -1.89. The molecule has 0 aliphatic heterocycles. The van der Waals surface area contributed by atoms with Crippen molar-refractivity contribution in [2.75, 3.05) is 5.75 Å². The van der Waals surface area contributed by atoms with Crippen molar-refractivity contribution in [3.05, 3.63) is 23.5 Å². The van der Waals surface area contributed by atoms with E-state index >= 15 is 0 Å². The van der Waals surface area contributed by atoms with Gasteiger partial charge in [-0.25, -0.2) is 4.98 Å². The minimum Gasteiger partial charge on any atom is -0.481 e. The van der Waals surface area contributed by atoms with Gasteiger partial charge in [-0.3, -0.25) is 14.9 Å². The van der Waals surface area contributed by atoms with Crippen LogP contribution in [0.25, 0.3) is 11.4 Å². The number of thioether (sulfide) groups is 1. The number of hydrogen-bond acceptors (Lipinski definition) is 5. The molecule has 0 radical (unpaired) electrons. The summed E-state index contributed by atoms with van der Waals surface area (Å²) in [5.74, 6) is -0.338. The molecule has 18 heavy (non-hydrogen) atoms. The maximum absolute atomic E-state index is 10.4. The van der Waals surface area contributed by atoms with Crippen molar-refractivity contribution in [2.45, 2.75) is 19.0 Å². The molecule has 0 bridgehead atoms. The number of pyridine rings is 1. The molecule has 0 unspecified atom stereocenters. The van der Waals surface area contributed by atoms with Crippen LogP contribution in [0.15, 0.2) is 17.3 Å². The molecule has 2 rings (SSSR count). The molecule has 0 saturated carbocycles. The number of aromatic nitrogens is 4. The number of aliphatic carboxylic acids is 1. The number of nitrogens with one attached hydrogen (secondary N) is 1. The normalized spacial score (nSPS) is 10.6. The fraction of sp³-hybridized carbons (Fsp3) is 0.273. The average Bonchev–Trinajstić information content (AvgIpc) is 2.75. The Morgan fingerprint density at radius 2 is 2.17 bits per heavy atom. The van der Waals surface area contributed by atoms with Crippen LogP contribution in [0.3, 0.4) is 0 Å². The van der Waals surface area contributed by atoms with E-state index in [1.165, 1.54) is 0 Å². The van der Waals surface area contributed by atoms with Crippen LogP contribution in [0.5, 0.6) is 0 Å². The SMILES string of the molecule is Cc1ccc(-c2nc(SCC(=O)O)n[nH]2)c(C)n1. The summed E-state index contributed by atoms with van der Waals surface area (Å²) in [6.07, 6.45) is 0. The highest BCUT2D eigenvalue weighted by Crippen LogP contribution is 2.21. The van der Waals surface area contributed by atoms with Gasteiger partial charge in [-0.1, -0.05) is 11.8 Å². The second kappa shape index (κ2) is 5.18. The van der Waals surface area contributed by atoms with Crippen LogP contribution < -0.4 is 0 Å². The molecule has 0 atom stereocenters. The zero-order valence-electron chi connectivity index (χ0n) is 9.97. The lowest BCUT2D eigenvalue weighted by atomic mass is 10.2. The van der Waals surface area contributed by atoms with Crippen molar-refractivity contribution in [1.82, 2.24) is 20.2 Å². The quantitative estimate of drug-likeness (QED) is 0.816. The maximum atomic E-state index is 10.4. The van der Waals surface area contributed by atoms with Crippen molar-refractivity contribution in [3.8, 4) is 11.4 Å². The van der Waals surface area contributed by atoms with Crippen LogP contribution in [0.2, 0.25) is 0 Å². The molecule has 2 aromatic heterocycles. The standard InChI is InChI=1S/C11H12N4O2S/c1-6-3-4-8(7(2)12-6)10-13-11(15-14-10)18-5-9(16)17/h3-4H,5H2,1-2H3,(H,16,17)(H,13,14,15). The number of hydrogen-bond donors (Lipinski definition) is 2. The summed E-state index contributed by atoms with van der Waals surface area (Å²) in [6.45, 7) is 3.82. The number of aryl methyl sites for hydroxylation is 2. The number of carboxylic acids is 1. The monoisotopic (exact) mass is 264 g/mol. The van der Waals surface area contributed by atoms with Gasteiger partial charge in [0, 0.05) is 17.0 Å². The summed E-state index contributed by atoms with van der Waals surface area (Å²) in [6, 6.07) is 3.82. The second-order valence-corrected chi connectivity index (χ2v) is 4.68. The minimum atomic E-state index is -0.889. The van der Waals surface area contributed by atoms with E-state index in [-0.39, 0.29) is 5.75 Å². The van der Waals surface area contributed by atoms with Crippen LogP contribution in [-0.4, -0.2) is 37.0 Å². The number of carboxylic acid groups (broad SMARTS) is 1. The first-order valence-electron chi connectivity index (χ1n) is 5.28. The number of aromatic amines is 1. The van der Waals surface area contributed by atoms with Crippen molar-refractivity contribution < 1.29 is 9.90 Å². The molecule has 0 spiro atoms. The number of nitrogens with zero attached hydrogens (tertiary/aromatic N) is 3. The van der Waals surface area contributed by atoms with Gasteiger partial charge in [-0.2, -0.15) is 0 Å². The lowest BCUT2D eigenvalue weighted by Gasteiger charge is -2.01. The van der Waals surface area contributed by atoms with E-state index < -0.39 is 5.97 Å². The highest BCUT2D eigenvalue weighted by Gasteiger charge is 2.10. The summed E-state index contributed by atoms with van der Waals surface area (Å²) in [7, 11) is 0. The predicted molar refractivity (Wildman–Crippen MR) is 67.4 cm³/mol. The molecule has 0 aliphatic rings. The van der Waals surface area contributed by atoms with Gasteiger partial charge < -0.3 is 5.11 Å². The topological polar surface area (TPSA) is 91.8 Å². The Kier molecular flexibility index (Phi) is 3.61. The summed E-state index contributed by atoms with van der Waals surface area (Å²) >= 11 is 1.08. The first-order valence-corrected chi connectivity index (χ1v) is 6.26. The molecule has 0 amide bonds. The smallest absolute Gasteiger partial charge is 0.313 e. The van der Waals surface area contributed by atoms with Gasteiger partial charge in [0.2, 0.25) is 5.16 Å². The van der Waals surface area contributed by atoms with Crippen LogP contribution in [0.4, 0.5) is 0 Å². The highest BCUT2D eigenvalue weighted by molar-refractivity contribution is 7.99. The van der Waals surface area contributed by atoms with E-state index in [1.807, 2.05) is 26.0 Å². The second-order valence-electron chi connectivity index (χ2n) is 3.73. The average molecular weight is 264 g/mol. The third-order valence-corrected chi connectivity index (χ3v) is 3.10. The molecule has 0 aliphatic carbocycles. The molecule has 2 heterocycles. The van der Waals surface area contributed by atoms with E-state index in [0.29, 0.717) is 11.0 Å². The molecule has 0 fully saturated rings. The Bertz CT molecular complexity index is 582. The molecule has 2 aromatic rings. The fourth-order valence-corrected chi connectivity index (χ4v) is 2.01. The zero-order chi connectivity index (χ0) is 13.1. The molecule has 0 saturated heterocycles. The molecule has 6 nitrogen and oxygen atoms in total. The van der Waals surface area contributed by atoms with Gasteiger partial charge in [-0.15, -0.1) is 5.10 Å². The van der Waals surface area contributed by atoms with E-state index in [4.69, 9.17) is 5.11 Å². The molecule has 7 heteroatoms. The van der Waals surface area contributed by atoms with Crippen LogP contribution in [-0.2, 0) is 4.79 Å². The molecule has 2 N–H and O–H groups in total. The Morgan fingerprint density at radius 3 is 2.83 bits per heavy atom. The van der Waals surface area contributed by atoms with Crippen molar-refractivity contribution >= 4 is 17.7 Å². The van der Waals surface area contributed by atoms with Crippen LogP contribution in [0.1, 0.15) is 11.4 Å². The molecular formula is C11H12N4O2S. The van der Waals surface area contributed by atoms with Gasteiger partial charge >= 0.3 is 5.97 Å². The highest BCUT2D eigenvalue weighted by atomic mass is 32.2. The van der Waals surface area contributed by atoms with Gasteiger partial charge in [0.15, 0.2) is 5.82 Å². The summed E-state index contributed by atoms with van der Waals surface area (Å²) in [5.41, 5.74) is 2.67. The largest absolute Gasteiger partial charge is 0.481 e. The van der Waals surface area contributed by atoms with Gasteiger partial charge in [0.1, 0.15) is 0 Å². The zero-order valence-corrected chi connectivity index (χ0v) is 10.8. The Labute approximate surface area is 108 Å². The van der Waals surface area contributed by atoms with Gasteiger partial charge in [0.25, 0.3) is 0 Å². The van der Waals surface area contributed by atoms with E-state index in [9.17, 15) is 4.79 Å². The lowest BCUT2D eigenvalue weighted by molar-refractivity contribution is -0.133. The number of carbonyl (C=O) groups is 1. The predicted octanol–water partition coefficient (Wildman–Crippen LogP) is 1.66. The summed E-state index contributed by atoms with van der Waals surface area (Å²) in [4.78, 5) is 19.0. The Balaban J connectivity index is 2.21. The van der Waals surface area contributed by atoms with E-state index in [1.54, 1.807) is 0 Å². The van der Waals surface area contributed by atoms with Crippen LogP contribution in [0, 0.1) is 13.8 Å². The molecule has 0 aromatic carbocycles. The van der Waals surface area contributed by atoms with Gasteiger partial charge in [-0.05, 0) is 26.0 Å². The minimum absolute atomic E-state index is 0.0532. The van der Waals surface area contributed by atoms with E-state index in [2.05, 4.69) is 20.2 Å². The van der Waals surface area contributed by atoms with Crippen molar-refractivity contribution in [3.63, 3.8) is 0 Å². The van der Waals surface area contributed by atoms with Crippen molar-refractivity contribution in [1.29, 1.82) is 0 Å². The fourth-order valence-electron chi connectivity index (χ4n) is 1.49. The van der Waals surface area contributed by atoms with E-state index in [0.717, 1.165) is 28.7 Å². The first kappa shape index (κ1) is 12.6. The number of H-pyrrole nitrogens is 1. The molecular weight excluding hydrogens is 252 g/mol. The maximum Gasteiger partial charge on any atom is 0.313 e. The number of rotatable bonds is 4. The van der Waals surface area contributed by atoms with Crippen molar-refractivity contribution in [2.24, 2.45) is 0 Å². The van der Waals surface area contributed by atoms with Gasteiger partial charge in [0.05, 0.1) is 5.75 Å². The summed E-state index contributed by atoms with van der Waals surface area (Å²) < 4.78 is 0. The third kappa shape index (κ3) is 2.86. The van der Waals surface area contributed by atoms with Crippen LogP contribution >= 0.6 is 11.8 Å². The molecule has 94 valence electrons. The third-order valence-electron chi connectivity index (χ3n) is 2.27. The summed E-state index contributed by atoms with van der Waals surface area (Å²) in [5, 5.41) is 15.8. The lowest BCUT2D eigenvalue weighted by Crippen LogP contribution is -1.97.